The largest absolute Gasteiger partial charge is 0.346 e. The lowest BCUT2D eigenvalue weighted by Gasteiger charge is -2.01. The molecule has 19 heavy (non-hydrogen) atoms. The van der Waals surface area contributed by atoms with Gasteiger partial charge in [-0.05, 0) is 25.1 Å². The van der Waals surface area contributed by atoms with Gasteiger partial charge in [0.05, 0.1) is 12.1 Å². The van der Waals surface area contributed by atoms with Gasteiger partial charge in [-0.3, -0.25) is 9.89 Å². The molecule has 0 saturated heterocycles. The molecule has 0 spiro atoms. The van der Waals surface area contributed by atoms with E-state index in [1.54, 1.807) is 11.3 Å². The number of benzene rings is 1. The molecular weight excluding hydrogens is 258 g/mol. The molecule has 0 radical (unpaired) electrons. The molecule has 0 aliphatic heterocycles. The first kappa shape index (κ1) is 11.9. The second-order valence-corrected chi connectivity index (χ2v) is 5.69. The zero-order chi connectivity index (χ0) is 13.2. The van der Waals surface area contributed by atoms with E-state index < -0.39 is 0 Å². The number of nitrogens with zero attached hydrogens (tertiary/aromatic N) is 1. The molecule has 0 unspecified atom stereocenters. The van der Waals surface area contributed by atoms with E-state index in [2.05, 4.69) is 28.5 Å². The summed E-state index contributed by atoms with van der Waals surface area (Å²) < 4.78 is 0. The minimum Gasteiger partial charge on any atom is -0.346 e. The third kappa shape index (κ3) is 2.37. The number of nitrogens with one attached hydrogen (secondary N) is 2. The molecule has 0 bridgehead atoms. The van der Waals surface area contributed by atoms with Gasteiger partial charge in [-0.2, -0.15) is 5.10 Å². The van der Waals surface area contributed by atoms with E-state index in [0.717, 1.165) is 15.8 Å². The van der Waals surface area contributed by atoms with Gasteiger partial charge in [-0.15, -0.1) is 11.3 Å². The maximum Gasteiger partial charge on any atom is 0.272 e. The second kappa shape index (κ2) is 4.85. The maximum atomic E-state index is 12.1. The zero-order valence-electron chi connectivity index (χ0n) is 10.4. The number of aromatic amines is 1. The minimum atomic E-state index is -0.150. The van der Waals surface area contributed by atoms with Crippen molar-refractivity contribution < 1.29 is 4.79 Å². The number of thiophene rings is 1. The highest BCUT2D eigenvalue weighted by molar-refractivity contribution is 7.11. The Morgan fingerprint density at radius 3 is 2.95 bits per heavy atom. The summed E-state index contributed by atoms with van der Waals surface area (Å²) in [5.41, 5.74) is 1.32. The molecule has 3 aromatic rings. The smallest absolute Gasteiger partial charge is 0.272 e. The molecule has 0 saturated carbocycles. The number of rotatable bonds is 3. The van der Waals surface area contributed by atoms with Crippen molar-refractivity contribution in [3.63, 3.8) is 0 Å². The lowest BCUT2D eigenvalue weighted by atomic mass is 10.2. The SMILES string of the molecule is Cc1ccc(CNC(=O)c2n[nH]c3ccccc23)s1. The third-order valence-electron chi connectivity index (χ3n) is 2.90. The first-order valence-electron chi connectivity index (χ1n) is 6.00. The number of carbonyl (C=O) groups is 1. The molecule has 0 fully saturated rings. The van der Waals surface area contributed by atoms with E-state index in [-0.39, 0.29) is 5.91 Å². The van der Waals surface area contributed by atoms with Gasteiger partial charge < -0.3 is 5.32 Å². The van der Waals surface area contributed by atoms with Crippen LogP contribution >= 0.6 is 11.3 Å². The topological polar surface area (TPSA) is 57.8 Å². The average Bonchev–Trinajstić information content (AvgIpc) is 3.02. The van der Waals surface area contributed by atoms with E-state index in [4.69, 9.17) is 0 Å². The van der Waals surface area contributed by atoms with Crippen LogP contribution in [0.1, 0.15) is 20.2 Å². The van der Waals surface area contributed by atoms with E-state index >= 15 is 0 Å². The fraction of sp³-hybridized carbons (Fsp3) is 0.143. The summed E-state index contributed by atoms with van der Waals surface area (Å²) in [5.74, 6) is -0.150. The fourth-order valence-electron chi connectivity index (χ4n) is 1.97. The number of aryl methyl sites for hydroxylation is 1. The average molecular weight is 271 g/mol. The molecule has 5 heteroatoms. The Labute approximate surface area is 114 Å². The van der Waals surface area contributed by atoms with Gasteiger partial charge in [0.25, 0.3) is 5.91 Å². The highest BCUT2D eigenvalue weighted by Crippen LogP contribution is 2.16. The number of H-pyrrole nitrogens is 1. The highest BCUT2D eigenvalue weighted by atomic mass is 32.1. The number of fused-ring (bicyclic) bond motifs is 1. The second-order valence-electron chi connectivity index (χ2n) is 4.31. The molecule has 1 aromatic carbocycles. The minimum absolute atomic E-state index is 0.150. The van der Waals surface area contributed by atoms with Crippen LogP contribution in [0.5, 0.6) is 0 Å². The van der Waals surface area contributed by atoms with E-state index in [1.807, 2.05) is 30.3 Å². The number of hydrogen-bond acceptors (Lipinski definition) is 3. The Morgan fingerprint density at radius 1 is 1.32 bits per heavy atom. The zero-order valence-corrected chi connectivity index (χ0v) is 11.3. The fourth-order valence-corrected chi connectivity index (χ4v) is 2.80. The summed E-state index contributed by atoms with van der Waals surface area (Å²) in [7, 11) is 0. The van der Waals surface area contributed by atoms with Gasteiger partial charge in [0.15, 0.2) is 5.69 Å². The van der Waals surface area contributed by atoms with Gasteiger partial charge in [0.1, 0.15) is 0 Å². The van der Waals surface area contributed by atoms with Crippen LogP contribution in [0.25, 0.3) is 10.9 Å². The highest BCUT2D eigenvalue weighted by Gasteiger charge is 2.13. The van der Waals surface area contributed by atoms with E-state index in [1.165, 1.54) is 4.88 Å². The Balaban J connectivity index is 1.77. The normalized spacial score (nSPS) is 10.8. The van der Waals surface area contributed by atoms with Gasteiger partial charge >= 0.3 is 0 Å². The quantitative estimate of drug-likeness (QED) is 0.769. The number of para-hydroxylation sites is 1. The number of aromatic nitrogens is 2. The molecule has 0 atom stereocenters. The van der Waals surface area contributed by atoms with Crippen LogP contribution in [0.15, 0.2) is 36.4 Å². The molecule has 96 valence electrons. The van der Waals surface area contributed by atoms with Crippen molar-refractivity contribution >= 4 is 28.1 Å². The van der Waals surface area contributed by atoms with Crippen LogP contribution in [0, 0.1) is 6.92 Å². The standard InChI is InChI=1S/C14H13N3OS/c1-9-6-7-10(19-9)8-15-14(18)13-11-4-2-3-5-12(11)16-17-13/h2-7H,8H2,1H3,(H,15,18)(H,16,17). The van der Waals surface area contributed by atoms with Crippen molar-refractivity contribution in [3.8, 4) is 0 Å². The molecule has 1 amide bonds. The van der Waals surface area contributed by atoms with E-state index in [9.17, 15) is 4.79 Å². The van der Waals surface area contributed by atoms with Crippen LogP contribution in [0.2, 0.25) is 0 Å². The molecule has 2 aromatic heterocycles. The van der Waals surface area contributed by atoms with Crippen molar-refractivity contribution in [3.05, 3.63) is 51.8 Å². The molecule has 3 rings (SSSR count). The van der Waals surface area contributed by atoms with Crippen molar-refractivity contribution in [2.24, 2.45) is 0 Å². The van der Waals surface area contributed by atoms with Crippen LogP contribution < -0.4 is 5.32 Å². The Bertz CT molecular complexity index is 729. The first-order chi connectivity index (χ1) is 9.24. The Morgan fingerprint density at radius 2 is 2.16 bits per heavy atom. The maximum absolute atomic E-state index is 12.1. The number of hydrogen-bond donors (Lipinski definition) is 2. The van der Waals surface area contributed by atoms with Crippen LogP contribution in [-0.2, 0) is 6.54 Å². The predicted molar refractivity (Wildman–Crippen MR) is 76.3 cm³/mol. The Hall–Kier alpha value is -2.14. The van der Waals surface area contributed by atoms with Crippen molar-refractivity contribution in [1.82, 2.24) is 15.5 Å². The summed E-state index contributed by atoms with van der Waals surface area (Å²) in [6, 6.07) is 11.7. The van der Waals surface area contributed by atoms with Crippen LogP contribution in [0.3, 0.4) is 0 Å². The summed E-state index contributed by atoms with van der Waals surface area (Å²) in [6.07, 6.45) is 0. The first-order valence-corrected chi connectivity index (χ1v) is 6.82. The molecular formula is C14H13N3OS. The van der Waals surface area contributed by atoms with Crippen molar-refractivity contribution in [2.45, 2.75) is 13.5 Å². The molecule has 4 nitrogen and oxygen atoms in total. The molecule has 2 heterocycles. The van der Waals surface area contributed by atoms with Crippen molar-refractivity contribution in [1.29, 1.82) is 0 Å². The van der Waals surface area contributed by atoms with Crippen LogP contribution in [0.4, 0.5) is 0 Å². The van der Waals surface area contributed by atoms with Gasteiger partial charge in [0.2, 0.25) is 0 Å². The summed E-state index contributed by atoms with van der Waals surface area (Å²) in [4.78, 5) is 14.5. The monoisotopic (exact) mass is 271 g/mol. The molecule has 0 aliphatic carbocycles. The lowest BCUT2D eigenvalue weighted by Crippen LogP contribution is -2.22. The summed E-state index contributed by atoms with van der Waals surface area (Å²) in [5, 5.41) is 10.7. The van der Waals surface area contributed by atoms with Crippen molar-refractivity contribution in [2.75, 3.05) is 0 Å². The Kier molecular flexibility index (Phi) is 3.05. The number of carbonyl (C=O) groups excluding carboxylic acids is 1. The molecule has 0 aliphatic rings. The van der Waals surface area contributed by atoms with Gasteiger partial charge in [0, 0.05) is 15.1 Å². The predicted octanol–water partition coefficient (Wildman–Crippen LogP) is 2.86. The van der Waals surface area contributed by atoms with E-state index in [0.29, 0.717) is 12.2 Å². The molecule has 2 N–H and O–H groups in total. The number of amides is 1. The van der Waals surface area contributed by atoms with Gasteiger partial charge in [-0.1, -0.05) is 18.2 Å². The third-order valence-corrected chi connectivity index (χ3v) is 3.91. The lowest BCUT2D eigenvalue weighted by molar-refractivity contribution is 0.0948. The summed E-state index contributed by atoms with van der Waals surface area (Å²) in [6.45, 7) is 2.59. The van der Waals surface area contributed by atoms with Crippen LogP contribution in [-0.4, -0.2) is 16.1 Å². The van der Waals surface area contributed by atoms with Gasteiger partial charge in [-0.25, -0.2) is 0 Å². The summed E-state index contributed by atoms with van der Waals surface area (Å²) >= 11 is 1.69.